The van der Waals surface area contributed by atoms with Crippen molar-refractivity contribution in [3.05, 3.63) is 36.0 Å². The summed E-state index contributed by atoms with van der Waals surface area (Å²) in [6.45, 7) is 2.09. The van der Waals surface area contributed by atoms with Crippen molar-refractivity contribution in [2.45, 2.75) is 6.92 Å². The molecule has 0 amide bonds. The van der Waals surface area contributed by atoms with Gasteiger partial charge < -0.3 is 5.73 Å². The molecule has 3 N–H and O–H groups in total. The fourth-order valence-corrected chi connectivity index (χ4v) is 1.37. The largest absolute Gasteiger partial charge is 0.399 e. The average molecular weight is 159 g/mol. The van der Waals surface area contributed by atoms with Gasteiger partial charge in [-0.1, -0.05) is 0 Å². The molecule has 12 heavy (non-hydrogen) atoms. The maximum atomic E-state index is 5.65. The fraction of sp³-hybridized carbons (Fsp3) is 0.100. The summed E-state index contributed by atoms with van der Waals surface area (Å²) in [7, 11) is 0. The summed E-state index contributed by atoms with van der Waals surface area (Å²) in [6.07, 6.45) is 1.93. The van der Waals surface area contributed by atoms with Crippen LogP contribution in [0.4, 0.5) is 5.69 Å². The van der Waals surface area contributed by atoms with Gasteiger partial charge >= 0.3 is 0 Å². The number of nitrogen functional groups attached to an aromatic ring is 1. The second-order valence-electron chi connectivity index (χ2n) is 2.97. The van der Waals surface area contributed by atoms with Crippen molar-refractivity contribution in [2.75, 3.05) is 5.73 Å². The van der Waals surface area contributed by atoms with Gasteiger partial charge in [0.05, 0.1) is 0 Å². The highest BCUT2D eigenvalue weighted by molar-refractivity contribution is 5.81. The van der Waals surface area contributed by atoms with E-state index in [1.165, 1.54) is 10.9 Å². The molecule has 0 unspecified atom stereocenters. The molecule has 0 bridgehead atoms. The monoisotopic (exact) mass is 159 g/mol. The van der Waals surface area contributed by atoms with Crippen molar-refractivity contribution in [2.24, 2.45) is 0 Å². The van der Waals surface area contributed by atoms with Crippen molar-refractivity contribution in [3.63, 3.8) is 0 Å². The third-order valence-corrected chi connectivity index (χ3v) is 2.04. The predicted octanol–water partition coefficient (Wildman–Crippen LogP) is 1.54. The molecule has 2 rings (SSSR count). The van der Waals surface area contributed by atoms with Gasteiger partial charge in [-0.3, -0.25) is 0 Å². The van der Waals surface area contributed by atoms with Gasteiger partial charge in [-0.2, -0.15) is 0 Å². The summed E-state index contributed by atoms with van der Waals surface area (Å²) in [5.74, 6) is 0. The Balaban J connectivity index is 2.86. The second-order valence-corrected chi connectivity index (χ2v) is 2.97. The summed E-state index contributed by atoms with van der Waals surface area (Å²) < 4.78 is 0. The van der Waals surface area contributed by atoms with Gasteiger partial charge in [0.25, 0.3) is 0 Å². The Bertz CT molecular complexity index is 421. The van der Waals surface area contributed by atoms with Crippen LogP contribution in [0.15, 0.2) is 30.5 Å². The lowest BCUT2D eigenvalue weighted by molar-refractivity contribution is -0.344. The Labute approximate surface area is 71.0 Å². The zero-order valence-corrected chi connectivity index (χ0v) is 6.96. The van der Waals surface area contributed by atoms with E-state index in [0.717, 1.165) is 11.2 Å². The third kappa shape index (κ3) is 1.01. The molecule has 0 saturated carbocycles. The highest BCUT2D eigenvalue weighted by atomic mass is 14.7. The number of rotatable bonds is 0. The Morgan fingerprint density at radius 3 is 2.92 bits per heavy atom. The molecule has 1 heterocycles. The molecule has 2 nitrogen and oxygen atoms in total. The zero-order chi connectivity index (χ0) is 8.55. The first-order chi connectivity index (χ1) is 5.77. The quantitative estimate of drug-likeness (QED) is 0.582. The fourth-order valence-electron chi connectivity index (χ4n) is 1.37. The van der Waals surface area contributed by atoms with E-state index < -0.39 is 0 Å². The van der Waals surface area contributed by atoms with E-state index in [4.69, 9.17) is 5.73 Å². The van der Waals surface area contributed by atoms with E-state index in [1.807, 2.05) is 24.4 Å². The van der Waals surface area contributed by atoms with Gasteiger partial charge in [0.1, 0.15) is 0 Å². The highest BCUT2D eigenvalue weighted by Gasteiger charge is 2.01. The number of hydrogen-bond donors (Lipinski definition) is 1. The summed E-state index contributed by atoms with van der Waals surface area (Å²) in [5, 5.41) is 1.23. The van der Waals surface area contributed by atoms with Gasteiger partial charge in [0, 0.05) is 23.2 Å². The van der Waals surface area contributed by atoms with Crippen LogP contribution >= 0.6 is 0 Å². The maximum Gasteiger partial charge on any atom is 0.213 e. The predicted molar refractivity (Wildman–Crippen MR) is 49.7 cm³/mol. The van der Waals surface area contributed by atoms with Crippen LogP contribution in [0.5, 0.6) is 0 Å². The number of hydrogen-bond acceptors (Lipinski definition) is 1. The van der Waals surface area contributed by atoms with E-state index in [2.05, 4.69) is 18.0 Å². The number of nitrogens with one attached hydrogen (secondary N) is 1. The van der Waals surface area contributed by atoms with Crippen molar-refractivity contribution >= 4 is 16.6 Å². The molecule has 0 radical (unpaired) electrons. The van der Waals surface area contributed by atoms with Crippen LogP contribution in [0, 0.1) is 6.92 Å². The lowest BCUT2D eigenvalue weighted by Crippen LogP contribution is -2.03. The van der Waals surface area contributed by atoms with E-state index in [1.54, 1.807) is 0 Å². The van der Waals surface area contributed by atoms with Gasteiger partial charge in [-0.15, -0.1) is 0 Å². The molecule has 0 fully saturated rings. The minimum atomic E-state index is 0.796. The van der Waals surface area contributed by atoms with Crippen molar-refractivity contribution < 1.29 is 4.98 Å². The Morgan fingerprint density at radius 2 is 2.08 bits per heavy atom. The van der Waals surface area contributed by atoms with Crippen LogP contribution in [-0.2, 0) is 0 Å². The first-order valence-electron chi connectivity index (χ1n) is 3.94. The zero-order valence-electron chi connectivity index (χ0n) is 6.96. The topological polar surface area (TPSA) is 40.2 Å². The lowest BCUT2D eigenvalue weighted by Gasteiger charge is -1.96. The van der Waals surface area contributed by atoms with E-state index in [9.17, 15) is 0 Å². The Morgan fingerprint density at radius 1 is 1.25 bits per heavy atom. The van der Waals surface area contributed by atoms with Crippen LogP contribution in [0.1, 0.15) is 5.56 Å². The normalized spacial score (nSPS) is 10.4. The summed E-state index contributed by atoms with van der Waals surface area (Å²) in [5.41, 5.74) is 8.81. The van der Waals surface area contributed by atoms with Crippen molar-refractivity contribution in [1.29, 1.82) is 0 Å². The summed E-state index contributed by atoms with van der Waals surface area (Å²) in [6, 6.07) is 7.96. The molecule has 0 saturated heterocycles. The van der Waals surface area contributed by atoms with Gasteiger partial charge in [0.2, 0.25) is 5.52 Å². The van der Waals surface area contributed by atoms with E-state index >= 15 is 0 Å². The first-order valence-corrected chi connectivity index (χ1v) is 3.94. The number of aryl methyl sites for hydroxylation is 1. The molecular formula is C10H11N2+. The van der Waals surface area contributed by atoms with Crippen molar-refractivity contribution in [3.8, 4) is 0 Å². The molecule has 0 spiro atoms. The van der Waals surface area contributed by atoms with Crippen LogP contribution in [0.2, 0.25) is 0 Å². The molecule has 1 aromatic carbocycles. The number of aromatic nitrogens is 1. The van der Waals surface area contributed by atoms with Crippen molar-refractivity contribution in [1.82, 2.24) is 0 Å². The number of H-pyrrole nitrogens is 1. The molecule has 2 aromatic rings. The number of pyridine rings is 1. The molecule has 60 valence electrons. The minimum Gasteiger partial charge on any atom is -0.399 e. The van der Waals surface area contributed by atoms with E-state index in [0.29, 0.717) is 0 Å². The summed E-state index contributed by atoms with van der Waals surface area (Å²) >= 11 is 0. The van der Waals surface area contributed by atoms with Gasteiger partial charge in [-0.25, -0.2) is 4.98 Å². The first kappa shape index (κ1) is 7.10. The molecule has 1 aromatic heterocycles. The number of benzene rings is 1. The van der Waals surface area contributed by atoms with Crippen LogP contribution in [-0.4, -0.2) is 0 Å². The van der Waals surface area contributed by atoms with Crippen LogP contribution < -0.4 is 10.7 Å². The maximum absolute atomic E-state index is 5.65. The Kier molecular flexibility index (Phi) is 1.47. The standard InChI is InChI=1S/C10H10N2/c1-7-4-5-12-10-6-8(11)2-3-9(7)10/h2-6H,11H2,1H3/p+1. The van der Waals surface area contributed by atoms with E-state index in [-0.39, 0.29) is 0 Å². The minimum absolute atomic E-state index is 0.796. The molecule has 2 heteroatoms. The average Bonchev–Trinajstić information content (AvgIpc) is 2.04. The summed E-state index contributed by atoms with van der Waals surface area (Å²) in [4.78, 5) is 3.15. The number of aromatic amines is 1. The lowest BCUT2D eigenvalue weighted by atomic mass is 10.1. The van der Waals surface area contributed by atoms with Gasteiger partial charge in [-0.05, 0) is 24.6 Å². The third-order valence-electron chi connectivity index (χ3n) is 2.04. The molecule has 0 atom stereocenters. The SMILES string of the molecule is Cc1cc[nH+]c2cc(N)ccc12. The molecule has 0 aliphatic heterocycles. The Hall–Kier alpha value is -1.57. The molecular weight excluding hydrogens is 148 g/mol. The van der Waals surface area contributed by atoms with Gasteiger partial charge in [0.15, 0.2) is 6.20 Å². The smallest absolute Gasteiger partial charge is 0.213 e. The molecule has 0 aliphatic rings. The van der Waals surface area contributed by atoms with Crippen LogP contribution in [0.3, 0.4) is 0 Å². The number of nitrogens with two attached hydrogens (primary N) is 1. The second kappa shape index (κ2) is 2.48. The van der Waals surface area contributed by atoms with Crippen LogP contribution in [0.25, 0.3) is 10.9 Å². The molecule has 0 aliphatic carbocycles. The highest BCUT2D eigenvalue weighted by Crippen LogP contribution is 2.15. The number of fused-ring (bicyclic) bond motifs is 1. The number of anilines is 1.